The molecule has 12 heteroatoms. The molecule has 0 aliphatic carbocycles. The van der Waals surface area contributed by atoms with E-state index in [0.717, 1.165) is 24.9 Å². The molecule has 0 fully saturated rings. The number of hydrogen-bond acceptors (Lipinski definition) is 7. The summed E-state index contributed by atoms with van der Waals surface area (Å²) in [5.74, 6) is -1.04. The van der Waals surface area contributed by atoms with Crippen LogP contribution in [0.3, 0.4) is 0 Å². The first-order valence-electron chi connectivity index (χ1n) is 8.48. The zero-order chi connectivity index (χ0) is 21.9. The molecule has 30 heavy (non-hydrogen) atoms. The molecule has 0 unspecified atom stereocenters. The number of hydrazine groups is 1. The van der Waals surface area contributed by atoms with Gasteiger partial charge in [-0.3, -0.25) is 20.4 Å². The van der Waals surface area contributed by atoms with Gasteiger partial charge in [0.15, 0.2) is 4.34 Å². The molecular weight excluding hydrogens is 468 g/mol. The minimum Gasteiger partial charge on any atom is -0.272 e. The predicted molar refractivity (Wildman–Crippen MR) is 118 cm³/mol. The molecule has 0 saturated carbocycles. The maximum absolute atomic E-state index is 12.3. The number of amides is 2. The molecule has 0 aliphatic heterocycles. The van der Waals surface area contributed by atoms with Crippen LogP contribution in [0.2, 0.25) is 5.02 Å². The highest BCUT2D eigenvalue weighted by atomic mass is 35.5. The highest BCUT2D eigenvalue weighted by Gasteiger charge is 2.22. The van der Waals surface area contributed by atoms with Crippen LogP contribution in [0, 0.1) is 0 Å². The molecule has 0 radical (unpaired) electrons. The van der Waals surface area contributed by atoms with E-state index in [9.17, 15) is 18.0 Å². The summed E-state index contributed by atoms with van der Waals surface area (Å²) in [6.07, 6.45) is 0. The molecule has 2 amide bonds. The number of nitrogens with zero attached hydrogens (tertiary/aromatic N) is 2. The summed E-state index contributed by atoms with van der Waals surface area (Å²) >= 11 is 8.70. The number of nitrogens with one attached hydrogen (secondary N) is 2. The van der Waals surface area contributed by atoms with Crippen molar-refractivity contribution in [1.29, 1.82) is 0 Å². The number of carbonyl (C=O) groups is 2. The van der Waals surface area contributed by atoms with Gasteiger partial charge < -0.3 is 0 Å². The molecule has 158 valence electrons. The molecule has 0 bridgehead atoms. The van der Waals surface area contributed by atoms with Gasteiger partial charge >= 0.3 is 0 Å². The standard InChI is InChI=1S/C18H17ClN4O4S3/c1-23(2)30(26,27)15-9-11(7-8-12(15)19)17(25)22-21-16(24)10-28-18-20-13-5-3-4-6-14(13)29-18/h3-9H,10H2,1-2H3,(H,21,24)(H,22,25). The van der Waals surface area contributed by atoms with Crippen LogP contribution >= 0.6 is 34.7 Å². The van der Waals surface area contributed by atoms with Crippen LogP contribution in [-0.4, -0.2) is 49.4 Å². The van der Waals surface area contributed by atoms with Crippen molar-refractivity contribution in [3.05, 3.63) is 53.1 Å². The largest absolute Gasteiger partial charge is 0.272 e. The minimum absolute atomic E-state index is 0.00322. The first-order valence-corrected chi connectivity index (χ1v) is 12.1. The number of rotatable bonds is 6. The molecule has 0 spiro atoms. The van der Waals surface area contributed by atoms with E-state index in [1.54, 1.807) is 0 Å². The van der Waals surface area contributed by atoms with E-state index in [1.807, 2.05) is 24.3 Å². The number of thioether (sulfide) groups is 1. The summed E-state index contributed by atoms with van der Waals surface area (Å²) in [6, 6.07) is 11.5. The van der Waals surface area contributed by atoms with Crippen LogP contribution in [0.5, 0.6) is 0 Å². The van der Waals surface area contributed by atoms with Crippen LogP contribution in [0.1, 0.15) is 10.4 Å². The third kappa shape index (κ3) is 5.10. The molecule has 1 aromatic heterocycles. The van der Waals surface area contributed by atoms with Gasteiger partial charge in [-0.05, 0) is 30.3 Å². The van der Waals surface area contributed by atoms with Gasteiger partial charge in [0.2, 0.25) is 15.9 Å². The zero-order valence-electron chi connectivity index (χ0n) is 15.9. The first kappa shape index (κ1) is 22.5. The SMILES string of the molecule is CN(C)S(=O)(=O)c1cc(C(=O)NNC(=O)CSc2nc3ccccc3s2)ccc1Cl. The van der Waals surface area contributed by atoms with Gasteiger partial charge in [-0.1, -0.05) is 35.5 Å². The molecule has 0 aliphatic rings. The van der Waals surface area contributed by atoms with Crippen LogP contribution in [0.4, 0.5) is 0 Å². The molecule has 0 saturated heterocycles. The lowest BCUT2D eigenvalue weighted by atomic mass is 10.2. The molecule has 2 N–H and O–H groups in total. The average molecular weight is 485 g/mol. The molecular formula is C18H17ClN4O4S3. The number of para-hydroxylation sites is 1. The fourth-order valence-electron chi connectivity index (χ4n) is 2.31. The predicted octanol–water partition coefficient (Wildman–Crippen LogP) is 2.75. The number of benzene rings is 2. The minimum atomic E-state index is -3.82. The quantitative estimate of drug-likeness (QED) is 0.411. The number of thiazole rings is 1. The van der Waals surface area contributed by atoms with E-state index in [-0.39, 0.29) is 21.2 Å². The first-order chi connectivity index (χ1) is 14.2. The lowest BCUT2D eigenvalue weighted by Crippen LogP contribution is -2.42. The lowest BCUT2D eigenvalue weighted by molar-refractivity contribution is -0.119. The Bertz CT molecular complexity index is 1180. The summed E-state index contributed by atoms with van der Waals surface area (Å²) in [7, 11) is -1.09. The van der Waals surface area contributed by atoms with E-state index < -0.39 is 21.8 Å². The van der Waals surface area contributed by atoms with Gasteiger partial charge in [0.1, 0.15) is 4.90 Å². The van der Waals surface area contributed by atoms with Crippen molar-refractivity contribution in [2.45, 2.75) is 9.24 Å². The Kier molecular flexibility index (Phi) is 6.98. The molecule has 2 aromatic carbocycles. The fraction of sp³-hybridized carbons (Fsp3) is 0.167. The van der Waals surface area contributed by atoms with Crippen molar-refractivity contribution in [1.82, 2.24) is 20.1 Å². The van der Waals surface area contributed by atoms with Gasteiger partial charge in [0.05, 0.1) is 21.0 Å². The van der Waals surface area contributed by atoms with E-state index >= 15 is 0 Å². The summed E-state index contributed by atoms with van der Waals surface area (Å²) in [6.45, 7) is 0. The number of halogens is 1. The van der Waals surface area contributed by atoms with Crippen LogP contribution in [0.15, 0.2) is 51.7 Å². The Morgan fingerprint density at radius 3 is 2.60 bits per heavy atom. The maximum atomic E-state index is 12.3. The second-order valence-corrected chi connectivity index (χ2v) is 11.0. The van der Waals surface area contributed by atoms with Crippen molar-refractivity contribution in [2.75, 3.05) is 19.8 Å². The van der Waals surface area contributed by atoms with Crippen molar-refractivity contribution >= 4 is 66.8 Å². The van der Waals surface area contributed by atoms with E-state index in [2.05, 4.69) is 15.8 Å². The number of carbonyl (C=O) groups excluding carboxylic acids is 2. The van der Waals surface area contributed by atoms with Crippen molar-refractivity contribution < 1.29 is 18.0 Å². The van der Waals surface area contributed by atoms with Crippen molar-refractivity contribution in [3.63, 3.8) is 0 Å². The molecule has 1 heterocycles. The van der Waals surface area contributed by atoms with Crippen LogP contribution in [0.25, 0.3) is 10.2 Å². The third-order valence-corrected chi connectivity index (χ3v) is 8.34. The Labute approximate surface area is 186 Å². The second-order valence-electron chi connectivity index (χ2n) is 6.17. The van der Waals surface area contributed by atoms with Gasteiger partial charge in [-0.15, -0.1) is 11.3 Å². The third-order valence-electron chi connectivity index (χ3n) is 3.87. The van der Waals surface area contributed by atoms with E-state index in [0.29, 0.717) is 0 Å². The van der Waals surface area contributed by atoms with Gasteiger partial charge in [-0.2, -0.15) is 0 Å². The number of fused-ring (bicyclic) bond motifs is 1. The summed E-state index contributed by atoms with van der Waals surface area (Å²) < 4.78 is 27.4. The van der Waals surface area contributed by atoms with Gasteiger partial charge in [0, 0.05) is 19.7 Å². The van der Waals surface area contributed by atoms with Crippen LogP contribution < -0.4 is 10.9 Å². The molecule has 0 atom stereocenters. The molecule has 8 nitrogen and oxygen atoms in total. The highest BCUT2D eigenvalue weighted by Crippen LogP contribution is 2.29. The Morgan fingerprint density at radius 2 is 1.90 bits per heavy atom. The van der Waals surface area contributed by atoms with Gasteiger partial charge in [-0.25, -0.2) is 17.7 Å². The zero-order valence-corrected chi connectivity index (χ0v) is 19.1. The Hall–Kier alpha value is -2.18. The Balaban J connectivity index is 1.59. The second kappa shape index (κ2) is 9.31. The smallest absolute Gasteiger partial charge is 0.269 e. The van der Waals surface area contributed by atoms with E-state index in [1.165, 1.54) is 49.3 Å². The normalized spacial score (nSPS) is 11.6. The maximum Gasteiger partial charge on any atom is 0.269 e. The fourth-order valence-corrected chi connectivity index (χ4v) is 5.58. The Morgan fingerprint density at radius 1 is 1.17 bits per heavy atom. The molecule has 3 rings (SSSR count). The van der Waals surface area contributed by atoms with Crippen molar-refractivity contribution in [3.8, 4) is 0 Å². The number of hydrogen-bond donors (Lipinski definition) is 2. The van der Waals surface area contributed by atoms with Crippen molar-refractivity contribution in [2.24, 2.45) is 0 Å². The van der Waals surface area contributed by atoms with Gasteiger partial charge in [0.25, 0.3) is 5.91 Å². The average Bonchev–Trinajstić information content (AvgIpc) is 3.13. The number of aromatic nitrogens is 1. The van der Waals surface area contributed by atoms with E-state index in [4.69, 9.17) is 11.6 Å². The lowest BCUT2D eigenvalue weighted by Gasteiger charge is -2.14. The summed E-state index contributed by atoms with van der Waals surface area (Å²) in [4.78, 5) is 28.6. The summed E-state index contributed by atoms with van der Waals surface area (Å²) in [5, 5.41) is -0.00322. The number of sulfonamides is 1. The summed E-state index contributed by atoms with van der Waals surface area (Å²) in [5.41, 5.74) is 5.48. The van der Waals surface area contributed by atoms with Crippen LogP contribution in [-0.2, 0) is 14.8 Å². The molecule has 3 aromatic rings. The monoisotopic (exact) mass is 484 g/mol. The topological polar surface area (TPSA) is 108 Å². The highest BCUT2D eigenvalue weighted by molar-refractivity contribution is 8.01.